The summed E-state index contributed by atoms with van der Waals surface area (Å²) in [6, 6.07) is 0. The van der Waals surface area contributed by atoms with Crippen molar-refractivity contribution in [1.29, 1.82) is 0 Å². The second-order valence-electron chi connectivity index (χ2n) is 4.77. The van der Waals surface area contributed by atoms with E-state index in [-0.39, 0.29) is 21.7 Å². The number of nitrogens with zero attached hydrogens (tertiary/aromatic N) is 2. The quantitative estimate of drug-likeness (QED) is 0.456. The number of nitrogen functional groups attached to an aromatic ring is 1. The van der Waals surface area contributed by atoms with Gasteiger partial charge in [0.05, 0.1) is 17.0 Å². The topological polar surface area (TPSA) is 147 Å². The lowest BCUT2D eigenvalue weighted by Gasteiger charge is -2.17. The number of aromatic nitrogens is 3. The molecule has 6 N–H and O–H groups in total. The van der Waals surface area contributed by atoms with Gasteiger partial charge >= 0.3 is 0 Å². The third-order valence-corrected chi connectivity index (χ3v) is 3.81. The van der Waals surface area contributed by atoms with Gasteiger partial charge in [-0.1, -0.05) is 11.6 Å². The summed E-state index contributed by atoms with van der Waals surface area (Å²) in [6.07, 6.45) is -3.29. The first-order valence-corrected chi connectivity index (χ1v) is 6.50. The van der Waals surface area contributed by atoms with E-state index < -0.39 is 36.7 Å². The molecular formula is C11H13ClN4O5. The van der Waals surface area contributed by atoms with E-state index >= 15 is 0 Å². The van der Waals surface area contributed by atoms with Gasteiger partial charge in [-0.3, -0.25) is 4.79 Å². The van der Waals surface area contributed by atoms with E-state index in [0.29, 0.717) is 0 Å². The molecular weight excluding hydrogens is 304 g/mol. The van der Waals surface area contributed by atoms with Gasteiger partial charge in [-0.2, -0.15) is 5.10 Å². The number of H-pyrrole nitrogens is 1. The Labute approximate surface area is 122 Å². The van der Waals surface area contributed by atoms with Crippen molar-refractivity contribution in [3.8, 4) is 0 Å². The van der Waals surface area contributed by atoms with E-state index in [1.165, 1.54) is 10.8 Å². The van der Waals surface area contributed by atoms with Gasteiger partial charge in [0.1, 0.15) is 23.8 Å². The van der Waals surface area contributed by atoms with Gasteiger partial charge in [0.15, 0.2) is 12.0 Å². The second kappa shape index (κ2) is 4.97. The van der Waals surface area contributed by atoms with Crippen molar-refractivity contribution < 1.29 is 20.1 Å². The summed E-state index contributed by atoms with van der Waals surface area (Å²) in [4.78, 5) is 12.0. The van der Waals surface area contributed by atoms with Gasteiger partial charge in [0.2, 0.25) is 0 Å². The average molecular weight is 317 g/mol. The van der Waals surface area contributed by atoms with Crippen LogP contribution in [-0.2, 0) is 4.74 Å². The summed E-state index contributed by atoms with van der Waals surface area (Å²) >= 11 is 6.05. The first-order valence-electron chi connectivity index (χ1n) is 6.12. The van der Waals surface area contributed by atoms with Crippen molar-refractivity contribution in [2.75, 3.05) is 12.3 Å². The number of fused-ring (bicyclic) bond motifs is 1. The number of ether oxygens (including phenoxy) is 1. The third-order valence-electron chi connectivity index (χ3n) is 3.53. The molecule has 3 rings (SSSR count). The molecule has 3 heterocycles. The van der Waals surface area contributed by atoms with Crippen LogP contribution in [0.4, 0.5) is 5.82 Å². The largest absolute Gasteiger partial charge is 0.394 e. The number of nitrogens with two attached hydrogens (primary N) is 1. The Hall–Kier alpha value is -1.65. The molecule has 2 aromatic rings. The highest BCUT2D eigenvalue weighted by molar-refractivity contribution is 6.36. The van der Waals surface area contributed by atoms with Crippen LogP contribution >= 0.6 is 11.6 Å². The SMILES string of the molecule is Nc1n[nH]c(=O)c2c1c(Cl)cn2C1O[C@H](CO)[C@@H](O)[C@H]1O. The number of halogens is 1. The fourth-order valence-corrected chi connectivity index (χ4v) is 2.79. The highest BCUT2D eigenvalue weighted by atomic mass is 35.5. The predicted octanol–water partition coefficient (Wildman–Crippen LogP) is -1.43. The summed E-state index contributed by atoms with van der Waals surface area (Å²) in [7, 11) is 0. The second-order valence-corrected chi connectivity index (χ2v) is 5.18. The highest BCUT2D eigenvalue weighted by Gasteiger charge is 2.44. The Morgan fingerprint density at radius 1 is 1.48 bits per heavy atom. The Kier molecular flexibility index (Phi) is 3.38. The van der Waals surface area contributed by atoms with Gasteiger partial charge < -0.3 is 30.4 Å². The van der Waals surface area contributed by atoms with Crippen LogP contribution in [-0.4, -0.2) is 55.0 Å². The van der Waals surface area contributed by atoms with Crippen molar-refractivity contribution in [2.24, 2.45) is 0 Å². The van der Waals surface area contributed by atoms with Crippen LogP contribution in [0.1, 0.15) is 6.23 Å². The maximum absolute atomic E-state index is 12.0. The molecule has 0 aliphatic carbocycles. The zero-order valence-corrected chi connectivity index (χ0v) is 11.4. The number of aliphatic hydroxyl groups excluding tert-OH is 3. The molecule has 0 radical (unpaired) electrons. The number of aromatic amines is 1. The molecule has 0 saturated carbocycles. The molecule has 0 spiro atoms. The van der Waals surface area contributed by atoms with Crippen molar-refractivity contribution in [2.45, 2.75) is 24.5 Å². The van der Waals surface area contributed by atoms with E-state index in [4.69, 9.17) is 27.2 Å². The molecule has 0 bridgehead atoms. The minimum Gasteiger partial charge on any atom is -0.394 e. The minimum atomic E-state index is -1.33. The van der Waals surface area contributed by atoms with Crippen LogP contribution in [0.5, 0.6) is 0 Å². The zero-order valence-electron chi connectivity index (χ0n) is 10.6. The van der Waals surface area contributed by atoms with Crippen molar-refractivity contribution in [3.63, 3.8) is 0 Å². The molecule has 1 aliphatic rings. The smallest absolute Gasteiger partial charge is 0.288 e. The molecule has 1 aliphatic heterocycles. The van der Waals surface area contributed by atoms with E-state index in [1.807, 2.05) is 0 Å². The molecule has 4 atom stereocenters. The van der Waals surface area contributed by atoms with Crippen molar-refractivity contribution >= 4 is 28.3 Å². The Bertz CT molecular complexity index is 744. The summed E-state index contributed by atoms with van der Waals surface area (Å²) in [5.74, 6) is 0.0279. The van der Waals surface area contributed by atoms with E-state index in [2.05, 4.69) is 10.2 Å². The van der Waals surface area contributed by atoms with Gasteiger partial charge in [0.25, 0.3) is 5.56 Å². The fraction of sp³-hybridized carbons (Fsp3) is 0.455. The molecule has 1 saturated heterocycles. The van der Waals surface area contributed by atoms with Crippen molar-refractivity contribution in [1.82, 2.24) is 14.8 Å². The molecule has 1 unspecified atom stereocenters. The third kappa shape index (κ3) is 2.01. The number of anilines is 1. The Morgan fingerprint density at radius 2 is 2.19 bits per heavy atom. The molecule has 2 aromatic heterocycles. The molecule has 114 valence electrons. The van der Waals surface area contributed by atoms with Gasteiger partial charge in [-0.15, -0.1) is 0 Å². The molecule has 21 heavy (non-hydrogen) atoms. The standard InChI is InChI=1S/C11H13ClN4O5/c12-3-1-16(6-5(3)9(13)14-15-10(6)20)11-8(19)7(18)4(2-17)21-11/h1,4,7-8,11,17-19H,2H2,(H2,13,14)(H,15,20)/t4-,7-,8-,11?/m1/s1. The van der Waals surface area contributed by atoms with E-state index in [1.54, 1.807) is 0 Å². The summed E-state index contributed by atoms with van der Waals surface area (Å²) in [5, 5.41) is 35.2. The Morgan fingerprint density at radius 3 is 2.81 bits per heavy atom. The van der Waals surface area contributed by atoms with Crippen molar-refractivity contribution in [3.05, 3.63) is 21.6 Å². The first-order chi connectivity index (χ1) is 9.95. The number of nitrogens with one attached hydrogen (secondary N) is 1. The van der Waals surface area contributed by atoms with Crippen LogP contribution in [0.3, 0.4) is 0 Å². The number of hydrogen-bond donors (Lipinski definition) is 5. The van der Waals surface area contributed by atoms with Gasteiger partial charge in [-0.05, 0) is 0 Å². The van der Waals surface area contributed by atoms with E-state index in [0.717, 1.165) is 0 Å². The predicted molar refractivity (Wildman–Crippen MR) is 72.8 cm³/mol. The number of hydrogen-bond acceptors (Lipinski definition) is 7. The van der Waals surface area contributed by atoms with Crippen LogP contribution in [0.2, 0.25) is 5.02 Å². The zero-order chi connectivity index (χ0) is 15.3. The average Bonchev–Trinajstić information content (AvgIpc) is 2.94. The van der Waals surface area contributed by atoms with Gasteiger partial charge in [0, 0.05) is 6.20 Å². The fourth-order valence-electron chi connectivity index (χ4n) is 2.50. The molecule has 0 amide bonds. The lowest BCUT2D eigenvalue weighted by Crippen LogP contribution is -2.33. The normalized spacial score (nSPS) is 29.3. The first kappa shape index (κ1) is 14.3. The molecule has 10 heteroatoms. The minimum absolute atomic E-state index is 0.0279. The summed E-state index contributed by atoms with van der Waals surface area (Å²) in [6.45, 7) is -0.471. The monoisotopic (exact) mass is 316 g/mol. The molecule has 9 nitrogen and oxygen atoms in total. The molecule has 1 fully saturated rings. The highest BCUT2D eigenvalue weighted by Crippen LogP contribution is 2.35. The lowest BCUT2D eigenvalue weighted by atomic mass is 10.1. The summed E-state index contributed by atoms with van der Waals surface area (Å²) < 4.78 is 6.65. The van der Waals surface area contributed by atoms with Gasteiger partial charge in [-0.25, -0.2) is 5.10 Å². The maximum Gasteiger partial charge on any atom is 0.288 e. The lowest BCUT2D eigenvalue weighted by molar-refractivity contribution is -0.0507. The molecule has 0 aromatic carbocycles. The number of aliphatic hydroxyl groups is 3. The van der Waals surface area contributed by atoms with E-state index in [9.17, 15) is 15.0 Å². The van der Waals surface area contributed by atoms with Crippen LogP contribution in [0.15, 0.2) is 11.0 Å². The number of rotatable bonds is 2. The summed E-state index contributed by atoms with van der Waals surface area (Å²) in [5.41, 5.74) is 5.19. The van der Waals surface area contributed by atoms with Crippen LogP contribution in [0.25, 0.3) is 10.9 Å². The van der Waals surface area contributed by atoms with Crippen LogP contribution in [0, 0.1) is 0 Å². The maximum atomic E-state index is 12.0. The Balaban J connectivity index is 2.18. The van der Waals surface area contributed by atoms with Crippen LogP contribution < -0.4 is 11.3 Å².